The van der Waals surface area contributed by atoms with Gasteiger partial charge in [-0.3, -0.25) is 9.59 Å². The number of benzene rings is 2. The average Bonchev–Trinajstić information content (AvgIpc) is 3.31. The number of hydrogen-bond acceptors (Lipinski definition) is 6. The maximum atomic E-state index is 14.2. The maximum absolute atomic E-state index is 14.2. The van der Waals surface area contributed by atoms with Crippen molar-refractivity contribution in [2.75, 3.05) is 5.75 Å². The van der Waals surface area contributed by atoms with Gasteiger partial charge in [0.1, 0.15) is 0 Å². The molecule has 12 heteroatoms. The molecule has 2 aliphatic heterocycles. The Morgan fingerprint density at radius 3 is 2.44 bits per heavy atom. The molecule has 2 aliphatic rings. The Morgan fingerprint density at radius 2 is 1.88 bits per heavy atom. The molecular formula is C22H16Cl2F3NO5S. The summed E-state index contributed by atoms with van der Waals surface area (Å²) in [6.45, 7) is 1.62. The molecule has 2 heterocycles. The molecule has 6 nitrogen and oxygen atoms in total. The SMILES string of the molecule is Cc1cc(C2=NOC(c3cc(Cl)cc(Cl)c3)(C(F)(F)F)C2)ccc1C(=O)C[C@H]1CS(=O)OC1=O. The van der Waals surface area contributed by atoms with Crippen LogP contribution < -0.4 is 0 Å². The minimum Gasteiger partial charge on any atom is -0.374 e. The molecule has 2 unspecified atom stereocenters. The summed E-state index contributed by atoms with van der Waals surface area (Å²) in [5.74, 6) is -1.91. The highest BCUT2D eigenvalue weighted by Gasteiger charge is 2.62. The zero-order chi connectivity index (χ0) is 24.8. The van der Waals surface area contributed by atoms with E-state index in [-0.39, 0.29) is 44.8 Å². The Kier molecular flexibility index (Phi) is 6.52. The Labute approximate surface area is 204 Å². The van der Waals surface area contributed by atoms with Crippen LogP contribution in [0.3, 0.4) is 0 Å². The molecule has 2 aromatic carbocycles. The van der Waals surface area contributed by atoms with E-state index in [0.29, 0.717) is 11.1 Å². The number of aryl methyl sites for hydroxylation is 1. The van der Waals surface area contributed by atoms with E-state index in [1.807, 2.05) is 0 Å². The van der Waals surface area contributed by atoms with Gasteiger partial charge in [-0.05, 0) is 42.3 Å². The van der Waals surface area contributed by atoms with Crippen molar-refractivity contribution < 1.29 is 36.0 Å². The highest BCUT2D eigenvalue weighted by molar-refractivity contribution is 7.81. The zero-order valence-electron chi connectivity index (χ0n) is 17.4. The summed E-state index contributed by atoms with van der Waals surface area (Å²) in [5.41, 5.74) is -1.90. The summed E-state index contributed by atoms with van der Waals surface area (Å²) in [7, 11) is 0. The first-order valence-electron chi connectivity index (χ1n) is 9.93. The summed E-state index contributed by atoms with van der Waals surface area (Å²) in [5, 5.41) is 3.76. The second kappa shape index (κ2) is 8.98. The number of halogens is 5. The fourth-order valence-electron chi connectivity index (χ4n) is 3.90. The van der Waals surface area contributed by atoms with Crippen molar-refractivity contribution in [2.45, 2.75) is 31.5 Å². The maximum Gasteiger partial charge on any atom is 0.435 e. The van der Waals surface area contributed by atoms with Crippen molar-refractivity contribution in [1.29, 1.82) is 0 Å². The largest absolute Gasteiger partial charge is 0.435 e. The third kappa shape index (κ3) is 4.58. The Hall–Kier alpha value is -2.43. The molecule has 180 valence electrons. The van der Waals surface area contributed by atoms with Crippen LogP contribution in [0.4, 0.5) is 13.2 Å². The van der Waals surface area contributed by atoms with Crippen LogP contribution in [-0.2, 0) is 30.5 Å². The number of carbonyl (C=O) groups excluding carboxylic acids is 2. The lowest BCUT2D eigenvalue weighted by molar-refractivity contribution is -0.275. The van der Waals surface area contributed by atoms with Crippen molar-refractivity contribution in [1.82, 2.24) is 0 Å². The van der Waals surface area contributed by atoms with Crippen LogP contribution in [0, 0.1) is 12.8 Å². The lowest BCUT2D eigenvalue weighted by Crippen LogP contribution is -2.42. The first-order valence-corrected chi connectivity index (χ1v) is 11.9. The molecule has 34 heavy (non-hydrogen) atoms. The number of rotatable bonds is 5. The van der Waals surface area contributed by atoms with E-state index in [2.05, 4.69) is 9.34 Å². The number of Topliss-reactive ketones (excluding diaryl/α,β-unsaturated/α-hetero) is 1. The molecule has 0 radical (unpaired) electrons. The molecule has 0 saturated carbocycles. The van der Waals surface area contributed by atoms with Crippen LogP contribution in [0.5, 0.6) is 0 Å². The zero-order valence-corrected chi connectivity index (χ0v) is 19.8. The minimum absolute atomic E-state index is 0.0249. The van der Waals surface area contributed by atoms with Crippen molar-refractivity contribution in [3.8, 4) is 0 Å². The van der Waals surface area contributed by atoms with Crippen LogP contribution in [-0.4, -0.2) is 33.6 Å². The average molecular weight is 534 g/mol. The number of nitrogens with zero attached hydrogens (tertiary/aromatic N) is 1. The number of alkyl halides is 3. The standard InChI is InChI=1S/C22H16Cl2F3NO5S/c1-11-4-12(2-3-17(11)19(29)5-13-10-34(31)32-20(13)30)18-9-21(33-28-18,22(25,26)27)14-6-15(23)8-16(24)7-14/h2-4,6-8,13H,5,9-10H2,1H3/t13-,21?,34?/m0/s1. The second-order valence-corrected chi connectivity index (χ2v) is 10.00. The molecule has 3 atom stereocenters. The van der Waals surface area contributed by atoms with Crippen LogP contribution in [0.2, 0.25) is 10.0 Å². The summed E-state index contributed by atoms with van der Waals surface area (Å²) in [4.78, 5) is 29.3. The van der Waals surface area contributed by atoms with Gasteiger partial charge in [0.15, 0.2) is 5.78 Å². The summed E-state index contributed by atoms with van der Waals surface area (Å²) < 4.78 is 58.4. The van der Waals surface area contributed by atoms with Crippen molar-refractivity contribution in [3.05, 3.63) is 68.7 Å². The molecule has 0 amide bonds. The first kappa shape index (κ1) is 24.7. The molecule has 4 rings (SSSR count). The van der Waals surface area contributed by atoms with Gasteiger partial charge in [-0.25, -0.2) is 4.21 Å². The predicted molar refractivity (Wildman–Crippen MR) is 119 cm³/mol. The van der Waals surface area contributed by atoms with Gasteiger partial charge in [0.05, 0.1) is 17.4 Å². The Morgan fingerprint density at radius 1 is 1.21 bits per heavy atom. The van der Waals surface area contributed by atoms with Crippen LogP contribution in [0.25, 0.3) is 0 Å². The van der Waals surface area contributed by atoms with Gasteiger partial charge >= 0.3 is 12.1 Å². The molecule has 0 N–H and O–H groups in total. The normalized spacial score (nSPS) is 24.5. The summed E-state index contributed by atoms with van der Waals surface area (Å²) in [6, 6.07) is 8.02. The van der Waals surface area contributed by atoms with E-state index in [1.54, 1.807) is 6.92 Å². The smallest absolute Gasteiger partial charge is 0.374 e. The van der Waals surface area contributed by atoms with E-state index in [9.17, 15) is 27.0 Å². The van der Waals surface area contributed by atoms with E-state index in [4.69, 9.17) is 28.0 Å². The third-order valence-electron chi connectivity index (χ3n) is 5.65. The summed E-state index contributed by atoms with van der Waals surface area (Å²) in [6.07, 6.45) is -5.63. The molecule has 0 aromatic heterocycles. The highest BCUT2D eigenvalue weighted by atomic mass is 35.5. The van der Waals surface area contributed by atoms with E-state index >= 15 is 0 Å². The number of hydrogen-bond donors (Lipinski definition) is 0. The van der Waals surface area contributed by atoms with Crippen molar-refractivity contribution in [2.24, 2.45) is 11.1 Å². The van der Waals surface area contributed by atoms with Gasteiger partial charge in [-0.1, -0.05) is 40.5 Å². The number of ketones is 1. The van der Waals surface area contributed by atoms with Gasteiger partial charge in [-0.2, -0.15) is 13.2 Å². The molecule has 0 spiro atoms. The Balaban J connectivity index is 1.58. The van der Waals surface area contributed by atoms with Gasteiger partial charge in [0.2, 0.25) is 11.1 Å². The van der Waals surface area contributed by atoms with E-state index in [1.165, 1.54) is 24.3 Å². The lowest BCUT2D eigenvalue weighted by Gasteiger charge is -2.29. The topological polar surface area (TPSA) is 82.0 Å². The lowest BCUT2D eigenvalue weighted by atomic mass is 9.86. The van der Waals surface area contributed by atoms with E-state index in [0.717, 1.165) is 12.1 Å². The molecule has 2 aromatic rings. The van der Waals surface area contributed by atoms with Crippen molar-refractivity contribution in [3.63, 3.8) is 0 Å². The van der Waals surface area contributed by atoms with E-state index < -0.39 is 41.2 Å². The van der Waals surface area contributed by atoms with Crippen LogP contribution in [0.15, 0.2) is 41.6 Å². The third-order valence-corrected chi connectivity index (χ3v) is 7.11. The van der Waals surface area contributed by atoms with Gasteiger partial charge < -0.3 is 9.02 Å². The van der Waals surface area contributed by atoms with Gasteiger partial charge in [0.25, 0.3) is 5.60 Å². The molecular weight excluding hydrogens is 518 g/mol. The van der Waals surface area contributed by atoms with Gasteiger partial charge in [-0.15, -0.1) is 0 Å². The van der Waals surface area contributed by atoms with Crippen LogP contribution >= 0.6 is 23.2 Å². The molecule has 0 aliphatic carbocycles. The van der Waals surface area contributed by atoms with Gasteiger partial charge in [0, 0.05) is 34.0 Å². The Bertz CT molecular complexity index is 1230. The first-order chi connectivity index (χ1) is 15.9. The monoisotopic (exact) mass is 533 g/mol. The molecule has 0 bridgehead atoms. The fraction of sp³-hybridized carbons (Fsp3) is 0.318. The van der Waals surface area contributed by atoms with Crippen LogP contribution in [0.1, 0.15) is 39.9 Å². The quantitative estimate of drug-likeness (QED) is 0.487. The molecule has 1 saturated heterocycles. The fourth-order valence-corrected chi connectivity index (χ4v) is 5.40. The van der Waals surface area contributed by atoms with Crippen molar-refractivity contribution >= 4 is 51.7 Å². The number of oxime groups is 1. The summed E-state index contributed by atoms with van der Waals surface area (Å²) >= 11 is 10.1. The molecule has 1 fully saturated rings. The minimum atomic E-state index is -4.83. The predicted octanol–water partition coefficient (Wildman–Crippen LogP) is 5.29. The highest BCUT2D eigenvalue weighted by Crippen LogP contribution is 2.49. The second-order valence-electron chi connectivity index (χ2n) is 8.02. The number of carbonyl (C=O) groups is 2.